The number of nitrogens with one attached hydrogen (secondary N) is 2. The number of hydrogen-bond donors (Lipinski definition) is 2. The van der Waals surface area contributed by atoms with Crippen LogP contribution in [-0.2, 0) is 12.8 Å². The zero-order chi connectivity index (χ0) is 13.9. The van der Waals surface area contributed by atoms with Crippen LogP contribution in [0.5, 0.6) is 0 Å². The highest BCUT2D eigenvalue weighted by molar-refractivity contribution is 6.28. The number of halogens is 2. The third-order valence-corrected chi connectivity index (χ3v) is 3.43. The molecule has 2 N–H and O–H groups in total. The molecule has 2 aromatic rings. The van der Waals surface area contributed by atoms with Gasteiger partial charge in [0, 0.05) is 24.2 Å². The summed E-state index contributed by atoms with van der Waals surface area (Å²) in [5.74, 6) is 0.439. The summed E-state index contributed by atoms with van der Waals surface area (Å²) < 4.78 is 12.9. The second-order valence-corrected chi connectivity index (χ2v) is 4.99. The Labute approximate surface area is 121 Å². The maximum Gasteiger partial charge on any atom is 0.224 e. The Hall–Kier alpha value is -1.72. The van der Waals surface area contributed by atoms with Crippen LogP contribution in [0.3, 0.4) is 0 Å². The molecule has 2 heterocycles. The fourth-order valence-electron chi connectivity index (χ4n) is 2.29. The molecule has 0 spiro atoms. The molecule has 6 heteroatoms. The van der Waals surface area contributed by atoms with E-state index in [-0.39, 0.29) is 11.1 Å². The van der Waals surface area contributed by atoms with Gasteiger partial charge in [-0.25, -0.2) is 14.4 Å². The first-order chi connectivity index (χ1) is 9.72. The molecule has 3 rings (SSSR count). The summed E-state index contributed by atoms with van der Waals surface area (Å²) in [5.41, 5.74) is 2.82. The summed E-state index contributed by atoms with van der Waals surface area (Å²) in [4.78, 5) is 8.57. The van der Waals surface area contributed by atoms with Crippen molar-refractivity contribution in [2.45, 2.75) is 12.8 Å². The minimum absolute atomic E-state index is 0.232. The molecule has 0 fully saturated rings. The number of hydrogen-bond acceptors (Lipinski definition) is 4. The fraction of sp³-hybridized carbons (Fsp3) is 0.286. The lowest BCUT2D eigenvalue weighted by Gasteiger charge is -2.13. The van der Waals surface area contributed by atoms with Crippen LogP contribution < -0.4 is 10.6 Å². The van der Waals surface area contributed by atoms with E-state index in [0.29, 0.717) is 5.82 Å². The molecule has 1 aliphatic heterocycles. The Bertz CT molecular complexity index is 615. The highest BCUT2D eigenvalue weighted by Crippen LogP contribution is 2.24. The van der Waals surface area contributed by atoms with Gasteiger partial charge in [-0.2, -0.15) is 0 Å². The highest BCUT2D eigenvalue weighted by atomic mass is 35.5. The van der Waals surface area contributed by atoms with E-state index in [1.807, 2.05) is 0 Å². The molecule has 104 valence electrons. The third kappa shape index (κ3) is 2.89. The van der Waals surface area contributed by atoms with E-state index < -0.39 is 0 Å². The van der Waals surface area contributed by atoms with Crippen LogP contribution in [-0.4, -0.2) is 23.1 Å². The van der Waals surface area contributed by atoms with Crippen molar-refractivity contribution in [1.29, 1.82) is 0 Å². The fourth-order valence-corrected chi connectivity index (χ4v) is 2.47. The predicted octanol–water partition coefficient (Wildman–Crippen LogP) is 2.70. The number of benzene rings is 1. The van der Waals surface area contributed by atoms with Gasteiger partial charge in [-0.1, -0.05) is 0 Å². The first-order valence-corrected chi connectivity index (χ1v) is 6.89. The Kier molecular flexibility index (Phi) is 3.80. The van der Waals surface area contributed by atoms with Crippen molar-refractivity contribution in [1.82, 2.24) is 15.3 Å². The molecule has 0 saturated heterocycles. The Morgan fingerprint density at radius 3 is 2.65 bits per heavy atom. The largest absolute Gasteiger partial charge is 0.340 e. The minimum atomic E-state index is -0.265. The maximum atomic E-state index is 12.9. The highest BCUT2D eigenvalue weighted by Gasteiger charge is 2.16. The van der Waals surface area contributed by atoms with Crippen LogP contribution in [0.15, 0.2) is 24.3 Å². The van der Waals surface area contributed by atoms with E-state index in [1.54, 1.807) is 12.1 Å². The normalized spacial score (nSPS) is 14.5. The van der Waals surface area contributed by atoms with Gasteiger partial charge in [-0.05, 0) is 48.8 Å². The van der Waals surface area contributed by atoms with Crippen LogP contribution in [0.4, 0.5) is 15.9 Å². The summed E-state index contributed by atoms with van der Waals surface area (Å²) in [6.45, 7) is 1.77. The SMILES string of the molecule is Fc1ccc(Nc2nc(Cl)nc3c2CCNCC3)cc1. The molecule has 0 atom stereocenters. The van der Waals surface area contributed by atoms with Crippen LogP contribution in [0, 0.1) is 5.82 Å². The topological polar surface area (TPSA) is 49.8 Å². The molecular formula is C14H14ClFN4. The number of nitrogens with zero attached hydrogens (tertiary/aromatic N) is 2. The molecule has 1 aromatic carbocycles. The van der Waals surface area contributed by atoms with E-state index in [9.17, 15) is 4.39 Å². The van der Waals surface area contributed by atoms with E-state index in [4.69, 9.17) is 11.6 Å². The standard InChI is InChI=1S/C14H14ClFN4/c15-14-19-12-6-8-17-7-5-11(12)13(20-14)18-10-3-1-9(16)2-4-10/h1-4,17H,5-8H2,(H,18,19,20). The van der Waals surface area contributed by atoms with Gasteiger partial charge in [0.05, 0.1) is 5.69 Å². The monoisotopic (exact) mass is 292 g/mol. The quantitative estimate of drug-likeness (QED) is 0.836. The summed E-state index contributed by atoms with van der Waals surface area (Å²) >= 11 is 5.98. The van der Waals surface area contributed by atoms with Crippen molar-refractivity contribution in [2.24, 2.45) is 0 Å². The second-order valence-electron chi connectivity index (χ2n) is 4.65. The van der Waals surface area contributed by atoms with Crippen molar-refractivity contribution >= 4 is 23.1 Å². The summed E-state index contributed by atoms with van der Waals surface area (Å²) in [7, 11) is 0. The lowest BCUT2D eigenvalue weighted by molar-refractivity contribution is 0.628. The van der Waals surface area contributed by atoms with E-state index in [1.165, 1.54) is 12.1 Å². The lowest BCUT2D eigenvalue weighted by atomic mass is 10.1. The number of anilines is 2. The number of fused-ring (bicyclic) bond motifs is 1. The molecule has 0 unspecified atom stereocenters. The van der Waals surface area contributed by atoms with Gasteiger partial charge in [0.1, 0.15) is 11.6 Å². The zero-order valence-electron chi connectivity index (χ0n) is 10.8. The van der Waals surface area contributed by atoms with Gasteiger partial charge in [0.2, 0.25) is 5.28 Å². The van der Waals surface area contributed by atoms with Crippen molar-refractivity contribution in [3.05, 3.63) is 46.6 Å². The average molecular weight is 293 g/mol. The molecule has 1 aromatic heterocycles. The molecule has 0 radical (unpaired) electrons. The van der Waals surface area contributed by atoms with Gasteiger partial charge in [0.25, 0.3) is 0 Å². The lowest BCUT2D eigenvalue weighted by Crippen LogP contribution is -2.16. The average Bonchev–Trinajstić information content (AvgIpc) is 2.66. The van der Waals surface area contributed by atoms with Crippen molar-refractivity contribution in [2.75, 3.05) is 18.4 Å². The van der Waals surface area contributed by atoms with E-state index >= 15 is 0 Å². The predicted molar refractivity (Wildman–Crippen MR) is 77.0 cm³/mol. The zero-order valence-corrected chi connectivity index (χ0v) is 11.5. The molecule has 4 nitrogen and oxygen atoms in total. The van der Waals surface area contributed by atoms with E-state index in [0.717, 1.165) is 42.9 Å². The molecule has 1 aliphatic rings. The first-order valence-electron chi connectivity index (χ1n) is 6.51. The van der Waals surface area contributed by atoms with Crippen molar-refractivity contribution < 1.29 is 4.39 Å². The Morgan fingerprint density at radius 1 is 1.10 bits per heavy atom. The van der Waals surface area contributed by atoms with Gasteiger partial charge >= 0.3 is 0 Å². The minimum Gasteiger partial charge on any atom is -0.340 e. The van der Waals surface area contributed by atoms with Crippen LogP contribution in [0.1, 0.15) is 11.3 Å². The van der Waals surface area contributed by atoms with Crippen molar-refractivity contribution in [3.63, 3.8) is 0 Å². The van der Waals surface area contributed by atoms with Crippen molar-refractivity contribution in [3.8, 4) is 0 Å². The van der Waals surface area contributed by atoms with Crippen LogP contribution in [0.2, 0.25) is 5.28 Å². The molecular weight excluding hydrogens is 279 g/mol. The molecule has 20 heavy (non-hydrogen) atoms. The molecule has 0 amide bonds. The van der Waals surface area contributed by atoms with E-state index in [2.05, 4.69) is 20.6 Å². The summed E-state index contributed by atoms with van der Waals surface area (Å²) in [6, 6.07) is 6.16. The molecule has 0 aliphatic carbocycles. The van der Waals surface area contributed by atoms with Crippen LogP contribution in [0.25, 0.3) is 0 Å². The number of aromatic nitrogens is 2. The molecule has 0 saturated carbocycles. The molecule has 0 bridgehead atoms. The Balaban J connectivity index is 1.96. The second kappa shape index (κ2) is 5.73. The third-order valence-electron chi connectivity index (χ3n) is 3.26. The number of rotatable bonds is 2. The first kappa shape index (κ1) is 13.3. The maximum absolute atomic E-state index is 12.9. The smallest absolute Gasteiger partial charge is 0.224 e. The van der Waals surface area contributed by atoms with Crippen LogP contribution >= 0.6 is 11.6 Å². The summed E-state index contributed by atoms with van der Waals surface area (Å²) in [5, 5.41) is 6.75. The van der Waals surface area contributed by atoms with Gasteiger partial charge < -0.3 is 10.6 Å². The Morgan fingerprint density at radius 2 is 1.85 bits per heavy atom. The summed E-state index contributed by atoms with van der Waals surface area (Å²) in [6.07, 6.45) is 1.67. The van der Waals surface area contributed by atoms with Gasteiger partial charge in [-0.3, -0.25) is 0 Å². The van der Waals surface area contributed by atoms with Gasteiger partial charge in [-0.15, -0.1) is 0 Å². The van der Waals surface area contributed by atoms with Gasteiger partial charge in [0.15, 0.2) is 0 Å².